The lowest BCUT2D eigenvalue weighted by atomic mass is 10.2. The fraction of sp³-hybridized carbons (Fsp3) is 0.300. The van der Waals surface area contributed by atoms with Gasteiger partial charge in [-0.25, -0.2) is 0 Å². The van der Waals surface area contributed by atoms with Crippen molar-refractivity contribution in [2.24, 2.45) is 0 Å². The first-order chi connectivity index (χ1) is 6.15. The van der Waals surface area contributed by atoms with Gasteiger partial charge in [0.25, 0.3) is 0 Å². The molecule has 13 heavy (non-hydrogen) atoms. The Balaban J connectivity index is 4.79. The average molecular weight is 178 g/mol. The molecule has 0 saturated heterocycles. The maximum absolute atomic E-state index is 8.69. The van der Waals surface area contributed by atoms with Crippen LogP contribution in [0.4, 0.5) is 0 Å². The molecular formula is C10H14N2O. The molecule has 0 unspecified atom stereocenters. The Labute approximate surface area is 79.2 Å². The summed E-state index contributed by atoms with van der Waals surface area (Å²) in [6, 6.07) is 1.99. The topological polar surface area (TPSA) is 36.3 Å². The molecule has 0 radical (unpaired) electrons. The Kier molecular flexibility index (Phi) is 5.13. The molecule has 0 N–H and O–H groups in total. The van der Waals surface area contributed by atoms with Gasteiger partial charge in [0.2, 0.25) is 0 Å². The first-order valence-corrected chi connectivity index (χ1v) is 3.81. The maximum atomic E-state index is 8.69. The van der Waals surface area contributed by atoms with Crippen LogP contribution in [0.2, 0.25) is 0 Å². The van der Waals surface area contributed by atoms with Crippen LogP contribution in [0.5, 0.6) is 0 Å². The summed E-state index contributed by atoms with van der Waals surface area (Å²) < 4.78 is 5.02. The second-order valence-electron chi connectivity index (χ2n) is 2.58. The number of hydrogen-bond donors (Lipinski definition) is 0. The highest BCUT2D eigenvalue weighted by atomic mass is 16.5. The minimum Gasteiger partial charge on any atom is -0.495 e. The van der Waals surface area contributed by atoms with Gasteiger partial charge >= 0.3 is 0 Å². The minimum atomic E-state index is 0.431. The number of nitrogens with zero attached hydrogens (tertiary/aromatic N) is 2. The van der Waals surface area contributed by atoms with E-state index in [9.17, 15) is 0 Å². The van der Waals surface area contributed by atoms with Gasteiger partial charge in [0.05, 0.1) is 12.7 Å². The molecule has 70 valence electrons. The predicted molar refractivity (Wildman–Crippen MR) is 52.7 cm³/mol. The van der Waals surface area contributed by atoms with Crippen LogP contribution >= 0.6 is 0 Å². The van der Waals surface area contributed by atoms with Crippen molar-refractivity contribution >= 4 is 0 Å². The van der Waals surface area contributed by atoms with Crippen LogP contribution in [0.15, 0.2) is 36.3 Å². The van der Waals surface area contributed by atoms with E-state index in [1.54, 1.807) is 12.3 Å². The summed E-state index contributed by atoms with van der Waals surface area (Å²) in [6.07, 6.45) is 5.00. The van der Waals surface area contributed by atoms with Crippen LogP contribution < -0.4 is 0 Å². The van der Waals surface area contributed by atoms with E-state index in [2.05, 4.69) is 6.58 Å². The van der Waals surface area contributed by atoms with Gasteiger partial charge in [-0.2, -0.15) is 5.26 Å². The number of hydrogen-bond acceptors (Lipinski definition) is 3. The highest BCUT2D eigenvalue weighted by Crippen LogP contribution is 2.07. The molecule has 0 heterocycles. The average Bonchev–Trinajstić information content (AvgIpc) is 2.11. The molecule has 0 aliphatic carbocycles. The summed E-state index contributed by atoms with van der Waals surface area (Å²) in [4.78, 5) is 1.86. The number of allylic oxidation sites excluding steroid dienone is 3. The first kappa shape index (κ1) is 11.3. The quantitative estimate of drug-likeness (QED) is 0.373. The van der Waals surface area contributed by atoms with Gasteiger partial charge in [-0.05, 0) is 12.2 Å². The lowest BCUT2D eigenvalue weighted by Crippen LogP contribution is -2.01. The van der Waals surface area contributed by atoms with Crippen molar-refractivity contribution in [3.8, 4) is 6.07 Å². The van der Waals surface area contributed by atoms with Crippen molar-refractivity contribution in [1.29, 1.82) is 5.26 Å². The lowest BCUT2D eigenvalue weighted by molar-refractivity contribution is 0.304. The number of methoxy groups -OCH3 is 1. The van der Waals surface area contributed by atoms with E-state index in [1.807, 2.05) is 25.1 Å². The van der Waals surface area contributed by atoms with Crippen molar-refractivity contribution < 1.29 is 4.74 Å². The number of ether oxygens (including phenoxy) is 1. The third-order valence-corrected chi connectivity index (χ3v) is 1.33. The molecule has 0 aliphatic rings. The van der Waals surface area contributed by atoms with E-state index in [1.165, 1.54) is 13.2 Å². The second-order valence-corrected chi connectivity index (χ2v) is 2.58. The van der Waals surface area contributed by atoms with Crippen LogP contribution in [0, 0.1) is 11.3 Å². The van der Waals surface area contributed by atoms with E-state index >= 15 is 0 Å². The van der Waals surface area contributed by atoms with E-state index in [0.717, 1.165) is 0 Å². The molecule has 0 rings (SSSR count). The van der Waals surface area contributed by atoms with Crippen LogP contribution in [0.25, 0.3) is 0 Å². The Morgan fingerprint density at radius 2 is 2.15 bits per heavy atom. The minimum absolute atomic E-state index is 0.431. The van der Waals surface area contributed by atoms with Gasteiger partial charge in [-0.1, -0.05) is 6.58 Å². The van der Waals surface area contributed by atoms with Gasteiger partial charge in [-0.15, -0.1) is 0 Å². The van der Waals surface area contributed by atoms with Gasteiger partial charge in [0.1, 0.15) is 11.8 Å². The second kappa shape index (κ2) is 5.90. The van der Waals surface area contributed by atoms with E-state index in [0.29, 0.717) is 11.3 Å². The van der Waals surface area contributed by atoms with Crippen LogP contribution in [0.1, 0.15) is 0 Å². The van der Waals surface area contributed by atoms with Crippen molar-refractivity contribution in [2.75, 3.05) is 21.2 Å². The van der Waals surface area contributed by atoms with E-state index in [-0.39, 0.29) is 0 Å². The fourth-order valence-corrected chi connectivity index (χ4v) is 0.686. The summed E-state index contributed by atoms with van der Waals surface area (Å²) >= 11 is 0. The van der Waals surface area contributed by atoms with Crippen molar-refractivity contribution in [3.63, 3.8) is 0 Å². The van der Waals surface area contributed by atoms with Gasteiger partial charge in [0.15, 0.2) is 0 Å². The molecule has 0 saturated carbocycles. The van der Waals surface area contributed by atoms with E-state index in [4.69, 9.17) is 10.00 Å². The normalized spacial score (nSPS) is 11.8. The summed E-state index contributed by atoms with van der Waals surface area (Å²) in [6.45, 7) is 3.52. The molecule has 0 aromatic heterocycles. The summed E-state index contributed by atoms with van der Waals surface area (Å²) in [5.41, 5.74) is 0.431. The van der Waals surface area contributed by atoms with Gasteiger partial charge in [-0.3, -0.25) is 0 Å². The molecule has 0 aliphatic heterocycles. The summed E-state index contributed by atoms with van der Waals surface area (Å²) in [5.74, 6) is 0.520. The summed E-state index contributed by atoms with van der Waals surface area (Å²) in [7, 11) is 5.31. The SMILES string of the molecule is C=C/C(C#N)=C(/C=C/N(C)C)OC. The van der Waals surface area contributed by atoms with E-state index < -0.39 is 0 Å². The highest BCUT2D eigenvalue weighted by molar-refractivity contribution is 5.38. The van der Waals surface area contributed by atoms with Crippen LogP contribution in [-0.2, 0) is 4.74 Å². The molecule has 3 nitrogen and oxygen atoms in total. The number of rotatable bonds is 4. The van der Waals surface area contributed by atoms with Crippen LogP contribution in [-0.4, -0.2) is 26.1 Å². The molecule has 0 amide bonds. The van der Waals surface area contributed by atoms with Crippen LogP contribution in [0.3, 0.4) is 0 Å². The van der Waals surface area contributed by atoms with Gasteiger partial charge < -0.3 is 9.64 Å². The third-order valence-electron chi connectivity index (χ3n) is 1.33. The largest absolute Gasteiger partial charge is 0.495 e. The molecule has 0 atom stereocenters. The Bertz CT molecular complexity index is 269. The van der Waals surface area contributed by atoms with Crippen molar-refractivity contribution in [1.82, 2.24) is 4.90 Å². The molecule has 0 spiro atoms. The van der Waals surface area contributed by atoms with Gasteiger partial charge in [0, 0.05) is 20.3 Å². The molecule has 0 aromatic rings. The zero-order valence-electron chi connectivity index (χ0n) is 8.24. The third kappa shape index (κ3) is 4.02. The Hall–Kier alpha value is -1.69. The predicted octanol–water partition coefficient (Wildman–Crippen LogP) is 1.67. The van der Waals surface area contributed by atoms with Crippen molar-refractivity contribution in [2.45, 2.75) is 0 Å². The summed E-state index contributed by atoms with van der Waals surface area (Å²) in [5, 5.41) is 8.69. The standard InChI is InChI=1S/C10H14N2O/c1-5-9(8-11)10(13-4)6-7-12(2)3/h5-7H,1H2,2-4H3/b7-6+,10-9+. The zero-order chi connectivity index (χ0) is 10.3. The molecule has 0 bridgehead atoms. The molecule has 3 heteroatoms. The highest BCUT2D eigenvalue weighted by Gasteiger charge is 1.98. The zero-order valence-corrected chi connectivity index (χ0v) is 8.24. The first-order valence-electron chi connectivity index (χ1n) is 3.81. The smallest absolute Gasteiger partial charge is 0.138 e. The molecule has 0 aromatic carbocycles. The molecular weight excluding hydrogens is 164 g/mol. The molecule has 0 fully saturated rings. The maximum Gasteiger partial charge on any atom is 0.138 e. The fourth-order valence-electron chi connectivity index (χ4n) is 0.686. The Morgan fingerprint density at radius 3 is 2.46 bits per heavy atom. The Morgan fingerprint density at radius 1 is 1.54 bits per heavy atom. The monoisotopic (exact) mass is 178 g/mol. The van der Waals surface area contributed by atoms with Crippen molar-refractivity contribution in [3.05, 3.63) is 36.3 Å². The lowest BCUT2D eigenvalue weighted by Gasteiger charge is -2.05. The number of nitriles is 1.